The zero-order valence-corrected chi connectivity index (χ0v) is 13.0. The first-order valence-electron chi connectivity index (χ1n) is 8.08. The van der Waals surface area contributed by atoms with Crippen LogP contribution >= 0.6 is 0 Å². The van der Waals surface area contributed by atoms with E-state index in [1.165, 1.54) is 36.0 Å². The Labute approximate surface area is 127 Å². The van der Waals surface area contributed by atoms with Crippen LogP contribution in [-0.4, -0.2) is 30.1 Å². The van der Waals surface area contributed by atoms with Crippen LogP contribution in [0.2, 0.25) is 0 Å². The molecule has 0 amide bonds. The lowest BCUT2D eigenvalue weighted by atomic mass is 9.85. The van der Waals surface area contributed by atoms with E-state index >= 15 is 0 Å². The highest BCUT2D eigenvalue weighted by Gasteiger charge is 2.49. The topological polar surface area (TPSA) is 15.3 Å². The predicted octanol–water partition coefficient (Wildman–Crippen LogP) is 3.27. The molecular formula is C19H24N2. The minimum Gasteiger partial charge on any atom is -0.316 e. The van der Waals surface area contributed by atoms with Crippen LogP contribution in [0.4, 0.5) is 0 Å². The fourth-order valence-corrected chi connectivity index (χ4v) is 4.33. The molecule has 4 rings (SSSR count). The fraction of sp³-hybridized carbons (Fsp3) is 0.474. The van der Waals surface area contributed by atoms with E-state index in [2.05, 4.69) is 66.5 Å². The zero-order valence-electron chi connectivity index (χ0n) is 13.0. The average Bonchev–Trinajstić information content (AvgIpc) is 3.03. The molecule has 0 bridgehead atoms. The number of likely N-dealkylation sites (tertiary alicyclic amines) is 1. The van der Waals surface area contributed by atoms with E-state index in [9.17, 15) is 0 Å². The monoisotopic (exact) mass is 280 g/mol. The minimum atomic E-state index is 0.305. The summed E-state index contributed by atoms with van der Waals surface area (Å²) < 4.78 is 0. The van der Waals surface area contributed by atoms with Gasteiger partial charge in [-0.25, -0.2) is 0 Å². The Morgan fingerprint density at radius 2 is 1.90 bits per heavy atom. The van der Waals surface area contributed by atoms with E-state index in [-0.39, 0.29) is 0 Å². The molecule has 2 aliphatic rings. The van der Waals surface area contributed by atoms with E-state index in [0.29, 0.717) is 5.54 Å². The Kier molecular flexibility index (Phi) is 3.05. The van der Waals surface area contributed by atoms with E-state index < -0.39 is 0 Å². The summed E-state index contributed by atoms with van der Waals surface area (Å²) in [6, 6.07) is 15.6. The number of fused-ring (bicyclic) bond motifs is 2. The van der Waals surface area contributed by atoms with Gasteiger partial charge in [-0.05, 0) is 54.6 Å². The highest BCUT2D eigenvalue weighted by atomic mass is 15.2. The van der Waals surface area contributed by atoms with Crippen molar-refractivity contribution in [2.24, 2.45) is 11.8 Å². The first-order valence-corrected chi connectivity index (χ1v) is 8.08. The second-order valence-corrected chi connectivity index (χ2v) is 7.24. The van der Waals surface area contributed by atoms with Gasteiger partial charge in [0.15, 0.2) is 0 Å². The van der Waals surface area contributed by atoms with Crippen molar-refractivity contribution in [1.29, 1.82) is 0 Å². The third-order valence-electron chi connectivity index (χ3n) is 5.70. The number of rotatable bonds is 2. The molecule has 0 radical (unpaired) electrons. The summed E-state index contributed by atoms with van der Waals surface area (Å²) in [4.78, 5) is 2.69. The lowest BCUT2D eigenvalue weighted by molar-refractivity contribution is 0.132. The lowest BCUT2D eigenvalue weighted by Crippen LogP contribution is -2.43. The molecule has 110 valence electrons. The normalized spacial score (nSPS) is 28.1. The molecule has 0 spiro atoms. The molecule has 0 aliphatic carbocycles. The van der Waals surface area contributed by atoms with Gasteiger partial charge >= 0.3 is 0 Å². The highest BCUT2D eigenvalue weighted by Crippen LogP contribution is 2.41. The summed E-state index contributed by atoms with van der Waals surface area (Å²) in [5.74, 6) is 1.64. The number of nitrogens with one attached hydrogen (secondary N) is 1. The van der Waals surface area contributed by atoms with Crippen molar-refractivity contribution in [3.63, 3.8) is 0 Å². The summed E-state index contributed by atoms with van der Waals surface area (Å²) in [6.45, 7) is 9.54. The van der Waals surface area contributed by atoms with Crippen LogP contribution in [0.15, 0.2) is 42.5 Å². The minimum absolute atomic E-state index is 0.305. The quantitative estimate of drug-likeness (QED) is 0.908. The standard InChI is InChI=1S/C19H24N2/c1-19(2)18-11-20-10-17(18)13-21(19)12-14-7-8-15-5-3-4-6-16(15)9-14/h3-9,17-18,20H,10-13H2,1-2H3. The Hall–Kier alpha value is -1.38. The summed E-state index contributed by atoms with van der Waals surface area (Å²) in [5, 5.41) is 6.25. The molecule has 0 aromatic heterocycles. The first kappa shape index (κ1) is 13.3. The summed E-state index contributed by atoms with van der Waals surface area (Å²) in [6.07, 6.45) is 0. The first-order chi connectivity index (χ1) is 10.1. The second kappa shape index (κ2) is 4.82. The van der Waals surface area contributed by atoms with Crippen LogP contribution in [0, 0.1) is 11.8 Å². The van der Waals surface area contributed by atoms with Crippen LogP contribution in [0.25, 0.3) is 10.8 Å². The Morgan fingerprint density at radius 3 is 2.71 bits per heavy atom. The maximum Gasteiger partial charge on any atom is 0.0239 e. The predicted molar refractivity (Wildman–Crippen MR) is 88.3 cm³/mol. The molecule has 2 aliphatic heterocycles. The molecule has 0 saturated carbocycles. The molecular weight excluding hydrogens is 256 g/mol. The van der Waals surface area contributed by atoms with Gasteiger partial charge in [-0.2, -0.15) is 0 Å². The Balaban J connectivity index is 1.60. The Morgan fingerprint density at radius 1 is 1.10 bits per heavy atom. The molecule has 1 N–H and O–H groups in total. The fourth-order valence-electron chi connectivity index (χ4n) is 4.33. The third kappa shape index (κ3) is 2.18. The maximum absolute atomic E-state index is 3.56. The molecule has 2 aromatic carbocycles. The molecule has 2 heterocycles. The molecule has 2 fully saturated rings. The molecule has 2 heteroatoms. The van der Waals surface area contributed by atoms with Gasteiger partial charge in [0.2, 0.25) is 0 Å². The lowest BCUT2D eigenvalue weighted by Gasteiger charge is -2.35. The third-order valence-corrected chi connectivity index (χ3v) is 5.70. The molecule has 2 atom stereocenters. The van der Waals surface area contributed by atoms with Gasteiger partial charge in [-0.1, -0.05) is 36.4 Å². The molecule has 2 aromatic rings. The summed E-state index contributed by atoms with van der Waals surface area (Å²) >= 11 is 0. The van der Waals surface area contributed by atoms with Gasteiger partial charge < -0.3 is 5.32 Å². The van der Waals surface area contributed by atoms with Gasteiger partial charge in [0.1, 0.15) is 0 Å². The van der Waals surface area contributed by atoms with Crippen molar-refractivity contribution in [3.8, 4) is 0 Å². The Bertz CT molecular complexity index is 661. The summed E-state index contributed by atoms with van der Waals surface area (Å²) in [5.41, 5.74) is 1.74. The van der Waals surface area contributed by atoms with Crippen molar-refractivity contribution in [2.75, 3.05) is 19.6 Å². The molecule has 2 saturated heterocycles. The van der Waals surface area contributed by atoms with Gasteiger partial charge in [-0.3, -0.25) is 4.90 Å². The number of hydrogen-bond donors (Lipinski definition) is 1. The van der Waals surface area contributed by atoms with Crippen LogP contribution in [-0.2, 0) is 6.54 Å². The molecule has 21 heavy (non-hydrogen) atoms. The van der Waals surface area contributed by atoms with Gasteiger partial charge in [0.25, 0.3) is 0 Å². The van der Waals surface area contributed by atoms with Crippen molar-refractivity contribution >= 4 is 10.8 Å². The van der Waals surface area contributed by atoms with Crippen LogP contribution in [0.5, 0.6) is 0 Å². The largest absolute Gasteiger partial charge is 0.316 e. The zero-order chi connectivity index (χ0) is 14.4. The van der Waals surface area contributed by atoms with Crippen molar-refractivity contribution in [3.05, 3.63) is 48.0 Å². The van der Waals surface area contributed by atoms with Crippen molar-refractivity contribution in [1.82, 2.24) is 10.2 Å². The summed E-state index contributed by atoms with van der Waals surface area (Å²) in [7, 11) is 0. The van der Waals surface area contributed by atoms with E-state index in [0.717, 1.165) is 18.4 Å². The van der Waals surface area contributed by atoms with Crippen molar-refractivity contribution < 1.29 is 0 Å². The average molecular weight is 280 g/mol. The van der Waals surface area contributed by atoms with Crippen LogP contribution in [0.3, 0.4) is 0 Å². The van der Waals surface area contributed by atoms with Gasteiger partial charge in [-0.15, -0.1) is 0 Å². The van der Waals surface area contributed by atoms with E-state index in [1.807, 2.05) is 0 Å². The second-order valence-electron chi connectivity index (χ2n) is 7.24. The highest BCUT2D eigenvalue weighted by molar-refractivity contribution is 5.82. The van der Waals surface area contributed by atoms with E-state index in [1.54, 1.807) is 0 Å². The number of hydrogen-bond acceptors (Lipinski definition) is 2. The van der Waals surface area contributed by atoms with Gasteiger partial charge in [0, 0.05) is 25.2 Å². The SMILES string of the molecule is CC1(C)C2CNCC2CN1Cc1ccc2ccccc2c1. The molecule has 2 unspecified atom stereocenters. The van der Waals surface area contributed by atoms with Gasteiger partial charge in [0.05, 0.1) is 0 Å². The van der Waals surface area contributed by atoms with Crippen LogP contribution < -0.4 is 5.32 Å². The number of benzene rings is 2. The maximum atomic E-state index is 3.56. The number of nitrogens with zero attached hydrogens (tertiary/aromatic N) is 1. The molecule has 2 nitrogen and oxygen atoms in total. The van der Waals surface area contributed by atoms with E-state index in [4.69, 9.17) is 0 Å². The van der Waals surface area contributed by atoms with Crippen molar-refractivity contribution in [2.45, 2.75) is 25.9 Å². The smallest absolute Gasteiger partial charge is 0.0239 e. The van der Waals surface area contributed by atoms with Crippen LogP contribution in [0.1, 0.15) is 19.4 Å².